The van der Waals surface area contributed by atoms with Crippen LogP contribution in [0.15, 0.2) is 0 Å². The summed E-state index contributed by atoms with van der Waals surface area (Å²) >= 11 is 0. The number of hydrazine groups is 1. The van der Waals surface area contributed by atoms with Gasteiger partial charge in [0.05, 0.1) is 0 Å². The topological polar surface area (TPSA) is 29.3 Å². The van der Waals surface area contributed by atoms with Crippen molar-refractivity contribution in [2.45, 2.75) is 39.5 Å². The zero-order chi connectivity index (χ0) is 8.32. The molecule has 0 amide bonds. The van der Waals surface area contributed by atoms with Crippen LogP contribution >= 0.6 is 0 Å². The van der Waals surface area contributed by atoms with E-state index in [0.29, 0.717) is 5.41 Å². The molecule has 1 aliphatic heterocycles. The number of nitrogens with zero attached hydrogens (tertiary/aromatic N) is 1. The van der Waals surface area contributed by atoms with Crippen molar-refractivity contribution in [1.29, 1.82) is 0 Å². The molecule has 1 aliphatic rings. The maximum Gasteiger partial charge on any atom is 0.0182 e. The van der Waals surface area contributed by atoms with E-state index in [1.165, 1.54) is 25.7 Å². The first-order valence-electron chi connectivity index (χ1n) is 4.66. The standard InChI is InChI=1S/C9H20N2/c1-3-9(2)6-4-5-7-11(10)8-9/h3-8,10H2,1-2H3. The van der Waals surface area contributed by atoms with Crippen LogP contribution in [0.5, 0.6) is 0 Å². The van der Waals surface area contributed by atoms with Gasteiger partial charge < -0.3 is 0 Å². The van der Waals surface area contributed by atoms with Crippen LogP contribution in [0.1, 0.15) is 39.5 Å². The molecule has 66 valence electrons. The maximum atomic E-state index is 5.82. The lowest BCUT2D eigenvalue weighted by Gasteiger charge is -2.29. The SMILES string of the molecule is CCC1(C)CCCCN(N)C1. The average molecular weight is 156 g/mol. The van der Waals surface area contributed by atoms with Gasteiger partial charge in [0.2, 0.25) is 0 Å². The third-order valence-corrected chi connectivity index (χ3v) is 2.91. The highest BCUT2D eigenvalue weighted by molar-refractivity contribution is 4.78. The summed E-state index contributed by atoms with van der Waals surface area (Å²) in [6, 6.07) is 0. The largest absolute Gasteiger partial charge is 0.269 e. The molecule has 0 saturated carbocycles. The Morgan fingerprint density at radius 2 is 2.18 bits per heavy atom. The molecule has 2 nitrogen and oxygen atoms in total. The Bertz CT molecular complexity index is 125. The summed E-state index contributed by atoms with van der Waals surface area (Å²) in [5.74, 6) is 5.82. The van der Waals surface area contributed by atoms with Crippen molar-refractivity contribution in [2.75, 3.05) is 13.1 Å². The Hall–Kier alpha value is -0.0800. The fraction of sp³-hybridized carbons (Fsp3) is 1.00. The van der Waals surface area contributed by atoms with Gasteiger partial charge in [-0.1, -0.05) is 20.3 Å². The van der Waals surface area contributed by atoms with Gasteiger partial charge in [-0.15, -0.1) is 0 Å². The summed E-state index contributed by atoms with van der Waals surface area (Å²) in [5.41, 5.74) is 0.477. The first kappa shape index (κ1) is 9.01. The number of nitrogens with two attached hydrogens (primary N) is 1. The Morgan fingerprint density at radius 1 is 1.45 bits per heavy atom. The molecule has 0 spiro atoms. The molecule has 2 N–H and O–H groups in total. The predicted octanol–water partition coefficient (Wildman–Crippen LogP) is 1.76. The molecule has 0 aliphatic carbocycles. The van der Waals surface area contributed by atoms with Gasteiger partial charge >= 0.3 is 0 Å². The lowest BCUT2D eigenvalue weighted by Crippen LogP contribution is -2.38. The smallest absolute Gasteiger partial charge is 0.0182 e. The summed E-state index contributed by atoms with van der Waals surface area (Å²) in [6.07, 6.45) is 5.21. The normalized spacial score (nSPS) is 35.2. The molecule has 1 unspecified atom stereocenters. The molecule has 2 heteroatoms. The molecule has 1 atom stereocenters. The van der Waals surface area contributed by atoms with Gasteiger partial charge in [0.1, 0.15) is 0 Å². The van der Waals surface area contributed by atoms with Gasteiger partial charge in [-0.3, -0.25) is 5.84 Å². The quantitative estimate of drug-likeness (QED) is 0.586. The van der Waals surface area contributed by atoms with Gasteiger partial charge in [0.25, 0.3) is 0 Å². The second-order valence-electron chi connectivity index (χ2n) is 4.09. The Morgan fingerprint density at radius 3 is 2.82 bits per heavy atom. The molecule has 0 aromatic carbocycles. The van der Waals surface area contributed by atoms with Crippen LogP contribution in [0, 0.1) is 5.41 Å². The zero-order valence-electron chi connectivity index (χ0n) is 7.77. The van der Waals surface area contributed by atoms with E-state index in [4.69, 9.17) is 5.84 Å². The van der Waals surface area contributed by atoms with Gasteiger partial charge in [-0.05, 0) is 24.7 Å². The summed E-state index contributed by atoms with van der Waals surface area (Å²) in [4.78, 5) is 0. The van der Waals surface area contributed by atoms with Crippen LogP contribution < -0.4 is 5.84 Å². The molecule has 1 heterocycles. The van der Waals surface area contributed by atoms with E-state index in [9.17, 15) is 0 Å². The highest BCUT2D eigenvalue weighted by Gasteiger charge is 2.25. The van der Waals surface area contributed by atoms with Crippen LogP contribution in [0.25, 0.3) is 0 Å². The summed E-state index contributed by atoms with van der Waals surface area (Å²) in [6.45, 7) is 6.76. The molecule has 0 aromatic rings. The number of rotatable bonds is 1. The first-order valence-corrected chi connectivity index (χ1v) is 4.66. The van der Waals surface area contributed by atoms with E-state index in [0.717, 1.165) is 13.1 Å². The molecule has 1 fully saturated rings. The fourth-order valence-corrected chi connectivity index (χ4v) is 1.80. The van der Waals surface area contributed by atoms with Gasteiger partial charge in [-0.2, -0.15) is 0 Å². The minimum absolute atomic E-state index is 0.477. The van der Waals surface area contributed by atoms with Crippen molar-refractivity contribution in [1.82, 2.24) is 5.01 Å². The minimum atomic E-state index is 0.477. The minimum Gasteiger partial charge on any atom is -0.269 e. The second-order valence-corrected chi connectivity index (χ2v) is 4.09. The van der Waals surface area contributed by atoms with E-state index < -0.39 is 0 Å². The van der Waals surface area contributed by atoms with Crippen molar-refractivity contribution in [3.8, 4) is 0 Å². The molecule has 11 heavy (non-hydrogen) atoms. The predicted molar refractivity (Wildman–Crippen MR) is 48.0 cm³/mol. The van der Waals surface area contributed by atoms with Crippen molar-refractivity contribution in [3.63, 3.8) is 0 Å². The summed E-state index contributed by atoms with van der Waals surface area (Å²) in [5, 5.41) is 1.98. The van der Waals surface area contributed by atoms with Crippen LogP contribution in [-0.2, 0) is 0 Å². The van der Waals surface area contributed by atoms with Crippen molar-refractivity contribution >= 4 is 0 Å². The van der Waals surface area contributed by atoms with E-state index in [-0.39, 0.29) is 0 Å². The third-order valence-electron chi connectivity index (χ3n) is 2.91. The second kappa shape index (κ2) is 3.55. The van der Waals surface area contributed by atoms with Gasteiger partial charge in [-0.25, -0.2) is 5.01 Å². The Kier molecular flexibility index (Phi) is 2.90. The van der Waals surface area contributed by atoms with Crippen molar-refractivity contribution in [3.05, 3.63) is 0 Å². The molecule has 0 bridgehead atoms. The molecular formula is C9H20N2. The molecular weight excluding hydrogens is 136 g/mol. The summed E-state index contributed by atoms with van der Waals surface area (Å²) < 4.78 is 0. The first-order chi connectivity index (χ1) is 5.16. The Balaban J connectivity index is 2.51. The van der Waals surface area contributed by atoms with E-state index in [1.54, 1.807) is 0 Å². The van der Waals surface area contributed by atoms with Gasteiger partial charge in [0.15, 0.2) is 0 Å². The molecule has 1 rings (SSSR count). The summed E-state index contributed by atoms with van der Waals surface area (Å²) in [7, 11) is 0. The molecule has 0 radical (unpaired) electrons. The molecule has 0 aromatic heterocycles. The number of hydrogen-bond donors (Lipinski definition) is 1. The Labute approximate surface area is 69.7 Å². The van der Waals surface area contributed by atoms with Crippen LogP contribution in [0.3, 0.4) is 0 Å². The molecule has 1 saturated heterocycles. The van der Waals surface area contributed by atoms with Crippen LogP contribution in [0.2, 0.25) is 0 Å². The zero-order valence-corrected chi connectivity index (χ0v) is 7.77. The highest BCUT2D eigenvalue weighted by Crippen LogP contribution is 2.30. The third kappa shape index (κ3) is 2.46. The lowest BCUT2D eigenvalue weighted by molar-refractivity contribution is 0.176. The maximum absolute atomic E-state index is 5.82. The monoisotopic (exact) mass is 156 g/mol. The van der Waals surface area contributed by atoms with E-state index in [2.05, 4.69) is 13.8 Å². The van der Waals surface area contributed by atoms with Crippen molar-refractivity contribution < 1.29 is 0 Å². The van der Waals surface area contributed by atoms with E-state index in [1.807, 2.05) is 5.01 Å². The average Bonchev–Trinajstić information content (AvgIpc) is 2.13. The fourth-order valence-electron chi connectivity index (χ4n) is 1.80. The lowest BCUT2D eigenvalue weighted by atomic mass is 9.83. The van der Waals surface area contributed by atoms with Crippen LogP contribution in [0.4, 0.5) is 0 Å². The number of hydrogen-bond acceptors (Lipinski definition) is 2. The van der Waals surface area contributed by atoms with Gasteiger partial charge in [0, 0.05) is 13.1 Å². The highest BCUT2D eigenvalue weighted by atomic mass is 15.4. The van der Waals surface area contributed by atoms with Crippen molar-refractivity contribution in [2.24, 2.45) is 11.3 Å². The van der Waals surface area contributed by atoms with Crippen LogP contribution in [-0.4, -0.2) is 18.1 Å². The van der Waals surface area contributed by atoms with E-state index >= 15 is 0 Å².